The van der Waals surface area contributed by atoms with Crippen LogP contribution in [0.4, 0.5) is 5.82 Å². The summed E-state index contributed by atoms with van der Waals surface area (Å²) >= 11 is 0. The molecule has 4 nitrogen and oxygen atoms in total. The number of nitrogens with zero attached hydrogens (tertiary/aromatic N) is 3. The Labute approximate surface area is 122 Å². The molecule has 1 aliphatic heterocycles. The smallest absolute Gasteiger partial charge is 0.128 e. The molecule has 0 bridgehead atoms. The highest BCUT2D eigenvalue weighted by Gasteiger charge is 2.23. The number of hydrogen-bond acceptors (Lipinski definition) is 4. The highest BCUT2D eigenvalue weighted by Crippen LogP contribution is 2.24. The van der Waals surface area contributed by atoms with Crippen molar-refractivity contribution in [1.29, 1.82) is 0 Å². The van der Waals surface area contributed by atoms with E-state index in [1.54, 1.807) is 0 Å². The quantitative estimate of drug-likeness (QED) is 0.902. The summed E-state index contributed by atoms with van der Waals surface area (Å²) < 4.78 is 0. The lowest BCUT2D eigenvalue weighted by Crippen LogP contribution is -2.52. The Kier molecular flexibility index (Phi) is 4.22. The second kappa shape index (κ2) is 6.10. The van der Waals surface area contributed by atoms with Crippen molar-refractivity contribution in [3.8, 4) is 0 Å². The Hall–Kier alpha value is -1.13. The number of pyridine rings is 1. The van der Waals surface area contributed by atoms with E-state index in [9.17, 15) is 0 Å². The molecule has 0 radical (unpaired) electrons. The normalized spacial score (nSPS) is 21.0. The predicted octanol–water partition coefficient (Wildman–Crippen LogP) is 1.43. The van der Waals surface area contributed by atoms with Crippen molar-refractivity contribution >= 4 is 5.82 Å². The van der Waals surface area contributed by atoms with Crippen molar-refractivity contribution in [2.75, 3.05) is 37.6 Å². The minimum atomic E-state index is 0.546. The molecule has 2 aliphatic rings. The van der Waals surface area contributed by atoms with Gasteiger partial charge in [-0.2, -0.15) is 0 Å². The molecule has 2 heterocycles. The molecule has 110 valence electrons. The summed E-state index contributed by atoms with van der Waals surface area (Å²) in [6.07, 6.45) is 4.79. The van der Waals surface area contributed by atoms with Crippen LogP contribution in [-0.4, -0.2) is 48.6 Å². The number of hydrogen-bond donors (Lipinski definition) is 1. The molecule has 1 aromatic heterocycles. The van der Waals surface area contributed by atoms with Gasteiger partial charge in [-0.15, -0.1) is 0 Å². The van der Waals surface area contributed by atoms with Crippen molar-refractivity contribution in [1.82, 2.24) is 9.88 Å². The maximum Gasteiger partial charge on any atom is 0.128 e. The second-order valence-electron chi connectivity index (χ2n) is 5.95. The zero-order valence-corrected chi connectivity index (χ0v) is 12.5. The van der Waals surface area contributed by atoms with Crippen LogP contribution in [0.3, 0.4) is 0 Å². The molecule has 0 amide bonds. The fourth-order valence-corrected chi connectivity index (χ4v) is 3.48. The fourth-order valence-electron chi connectivity index (χ4n) is 3.48. The van der Waals surface area contributed by atoms with E-state index in [1.807, 2.05) is 0 Å². The van der Waals surface area contributed by atoms with Gasteiger partial charge in [0.2, 0.25) is 0 Å². The molecule has 3 rings (SSSR count). The zero-order chi connectivity index (χ0) is 13.9. The number of piperazine rings is 1. The van der Waals surface area contributed by atoms with E-state index in [0.29, 0.717) is 6.04 Å². The average Bonchev–Trinajstić information content (AvgIpc) is 2.96. The number of anilines is 1. The van der Waals surface area contributed by atoms with E-state index < -0.39 is 0 Å². The molecule has 1 aliphatic carbocycles. The standard InChI is InChI=1S/C16H26N4/c1-2-14(12-17)19-8-10-20(11-9-19)16-7-6-13-4-3-5-15(13)18-16/h6-7,14H,2-5,8-12,17H2,1H3. The van der Waals surface area contributed by atoms with Gasteiger partial charge in [0.15, 0.2) is 0 Å². The number of fused-ring (bicyclic) bond motifs is 1. The lowest BCUT2D eigenvalue weighted by atomic mass is 10.1. The summed E-state index contributed by atoms with van der Waals surface area (Å²) in [5, 5.41) is 0. The van der Waals surface area contributed by atoms with Gasteiger partial charge in [0.25, 0.3) is 0 Å². The van der Waals surface area contributed by atoms with Crippen LogP contribution in [0.25, 0.3) is 0 Å². The molecule has 2 N–H and O–H groups in total. The first kappa shape index (κ1) is 13.8. The van der Waals surface area contributed by atoms with Gasteiger partial charge in [-0.05, 0) is 37.3 Å². The monoisotopic (exact) mass is 274 g/mol. The van der Waals surface area contributed by atoms with Gasteiger partial charge in [-0.1, -0.05) is 13.0 Å². The van der Waals surface area contributed by atoms with E-state index in [4.69, 9.17) is 10.7 Å². The average molecular weight is 274 g/mol. The summed E-state index contributed by atoms with van der Waals surface area (Å²) in [5.41, 5.74) is 8.65. The zero-order valence-electron chi connectivity index (χ0n) is 12.5. The third-order valence-electron chi connectivity index (χ3n) is 4.81. The van der Waals surface area contributed by atoms with Crippen LogP contribution in [0.1, 0.15) is 31.0 Å². The van der Waals surface area contributed by atoms with E-state index >= 15 is 0 Å². The Bertz CT molecular complexity index is 448. The number of aromatic nitrogens is 1. The van der Waals surface area contributed by atoms with Crippen LogP contribution in [0.5, 0.6) is 0 Å². The first-order chi connectivity index (χ1) is 9.81. The molecule has 4 heteroatoms. The Morgan fingerprint density at radius 3 is 2.70 bits per heavy atom. The SMILES string of the molecule is CCC(CN)N1CCN(c2ccc3c(n2)CCC3)CC1. The summed E-state index contributed by atoms with van der Waals surface area (Å²) in [6.45, 7) is 7.35. The third-order valence-corrected chi connectivity index (χ3v) is 4.81. The fraction of sp³-hybridized carbons (Fsp3) is 0.688. The van der Waals surface area contributed by atoms with Crippen molar-refractivity contribution in [3.63, 3.8) is 0 Å². The van der Waals surface area contributed by atoms with E-state index in [-0.39, 0.29) is 0 Å². The molecule has 1 aromatic rings. The number of aryl methyl sites for hydroxylation is 2. The second-order valence-corrected chi connectivity index (χ2v) is 5.95. The first-order valence-electron chi connectivity index (χ1n) is 7.99. The molecule has 1 fully saturated rings. The van der Waals surface area contributed by atoms with Crippen LogP contribution in [0.2, 0.25) is 0 Å². The van der Waals surface area contributed by atoms with E-state index in [1.165, 1.54) is 29.9 Å². The van der Waals surface area contributed by atoms with Gasteiger partial charge in [0.1, 0.15) is 5.82 Å². The van der Waals surface area contributed by atoms with Crippen molar-refractivity contribution in [2.24, 2.45) is 5.73 Å². The molecular formula is C16H26N4. The lowest BCUT2D eigenvalue weighted by molar-refractivity contribution is 0.184. The predicted molar refractivity (Wildman–Crippen MR) is 83.2 cm³/mol. The molecule has 1 atom stereocenters. The van der Waals surface area contributed by atoms with Gasteiger partial charge >= 0.3 is 0 Å². The Balaban J connectivity index is 1.63. The number of nitrogens with two attached hydrogens (primary N) is 1. The molecule has 20 heavy (non-hydrogen) atoms. The van der Waals surface area contributed by atoms with E-state index in [2.05, 4.69) is 28.9 Å². The van der Waals surface area contributed by atoms with Crippen LogP contribution in [0.15, 0.2) is 12.1 Å². The highest BCUT2D eigenvalue weighted by molar-refractivity contribution is 5.43. The third kappa shape index (κ3) is 2.67. The molecule has 0 spiro atoms. The van der Waals surface area contributed by atoms with Crippen molar-refractivity contribution in [2.45, 2.75) is 38.6 Å². The summed E-state index contributed by atoms with van der Waals surface area (Å²) in [7, 11) is 0. The first-order valence-corrected chi connectivity index (χ1v) is 7.99. The number of rotatable bonds is 4. The molecule has 0 saturated carbocycles. The van der Waals surface area contributed by atoms with Crippen LogP contribution < -0.4 is 10.6 Å². The maximum absolute atomic E-state index is 5.85. The summed E-state index contributed by atoms with van der Waals surface area (Å²) in [5.74, 6) is 1.17. The van der Waals surface area contributed by atoms with Gasteiger partial charge in [0.05, 0.1) is 0 Å². The summed E-state index contributed by atoms with van der Waals surface area (Å²) in [4.78, 5) is 9.83. The van der Waals surface area contributed by atoms with Crippen molar-refractivity contribution < 1.29 is 0 Å². The lowest BCUT2D eigenvalue weighted by Gasteiger charge is -2.39. The van der Waals surface area contributed by atoms with Gasteiger partial charge in [0, 0.05) is 44.5 Å². The molecule has 1 unspecified atom stereocenters. The van der Waals surface area contributed by atoms with Gasteiger partial charge < -0.3 is 10.6 Å². The van der Waals surface area contributed by atoms with E-state index in [0.717, 1.165) is 45.6 Å². The topological polar surface area (TPSA) is 45.4 Å². The van der Waals surface area contributed by atoms with Gasteiger partial charge in [-0.3, -0.25) is 4.90 Å². The summed E-state index contributed by atoms with van der Waals surface area (Å²) in [6, 6.07) is 5.04. The Morgan fingerprint density at radius 1 is 1.20 bits per heavy atom. The minimum absolute atomic E-state index is 0.546. The maximum atomic E-state index is 5.85. The molecule has 1 saturated heterocycles. The molecular weight excluding hydrogens is 248 g/mol. The Morgan fingerprint density at radius 2 is 2.00 bits per heavy atom. The van der Waals surface area contributed by atoms with Gasteiger partial charge in [-0.25, -0.2) is 4.98 Å². The van der Waals surface area contributed by atoms with Crippen LogP contribution in [-0.2, 0) is 12.8 Å². The minimum Gasteiger partial charge on any atom is -0.354 e. The van der Waals surface area contributed by atoms with Crippen molar-refractivity contribution in [3.05, 3.63) is 23.4 Å². The van der Waals surface area contributed by atoms with Crippen LogP contribution >= 0.6 is 0 Å². The largest absolute Gasteiger partial charge is 0.354 e. The van der Waals surface area contributed by atoms with Crippen LogP contribution in [0, 0.1) is 0 Å². The highest BCUT2D eigenvalue weighted by atomic mass is 15.3. The molecule has 0 aromatic carbocycles.